The summed E-state index contributed by atoms with van der Waals surface area (Å²) < 4.78 is 10.5. The van der Waals surface area contributed by atoms with E-state index in [2.05, 4.69) is 15.5 Å². The highest BCUT2D eigenvalue weighted by molar-refractivity contribution is 7.17. The highest BCUT2D eigenvalue weighted by atomic mass is 32.1. The number of nitrogens with one attached hydrogen (secondary N) is 1. The normalized spacial score (nSPS) is 10.7. The van der Waals surface area contributed by atoms with Crippen LogP contribution in [0.5, 0.6) is 0 Å². The van der Waals surface area contributed by atoms with Crippen LogP contribution in [0.2, 0.25) is 0 Å². The molecular formula is C18H13N3O3S. The molecule has 0 spiro atoms. The van der Waals surface area contributed by atoms with Crippen LogP contribution in [-0.2, 0) is 6.54 Å². The predicted octanol–water partition coefficient (Wildman–Crippen LogP) is 3.99. The number of carbonyl (C=O) groups excluding carboxylic acids is 1. The first kappa shape index (κ1) is 15.3. The molecule has 4 rings (SSSR count). The summed E-state index contributed by atoms with van der Waals surface area (Å²) in [6.07, 6.45) is 1.57. The van der Waals surface area contributed by atoms with E-state index in [0.717, 1.165) is 10.4 Å². The van der Waals surface area contributed by atoms with Gasteiger partial charge in [0.25, 0.3) is 11.8 Å². The first-order valence-corrected chi connectivity index (χ1v) is 8.41. The molecule has 3 aromatic heterocycles. The molecule has 124 valence electrons. The van der Waals surface area contributed by atoms with Crippen LogP contribution in [0, 0.1) is 0 Å². The maximum atomic E-state index is 12.2. The average Bonchev–Trinajstić information content (AvgIpc) is 3.41. The van der Waals surface area contributed by atoms with E-state index in [1.165, 1.54) is 11.3 Å². The lowest BCUT2D eigenvalue weighted by molar-refractivity contribution is 0.0952. The molecule has 0 saturated heterocycles. The maximum absolute atomic E-state index is 12.2. The molecule has 0 bridgehead atoms. The number of nitrogens with zero attached hydrogens (tertiary/aromatic N) is 2. The molecule has 1 N–H and O–H groups in total. The third kappa shape index (κ3) is 3.36. The highest BCUT2D eigenvalue weighted by Crippen LogP contribution is 2.28. The molecule has 7 heteroatoms. The van der Waals surface area contributed by atoms with E-state index in [-0.39, 0.29) is 5.91 Å². The lowest BCUT2D eigenvalue weighted by Gasteiger charge is -1.99. The Balaban J connectivity index is 1.48. The molecule has 0 unspecified atom stereocenters. The van der Waals surface area contributed by atoms with Gasteiger partial charge in [0.1, 0.15) is 5.76 Å². The fraction of sp³-hybridized carbons (Fsp3) is 0.0556. The summed E-state index contributed by atoms with van der Waals surface area (Å²) in [6, 6.07) is 16.7. The maximum Gasteiger partial charge on any atom is 0.261 e. The van der Waals surface area contributed by atoms with Crippen molar-refractivity contribution in [2.45, 2.75) is 6.54 Å². The van der Waals surface area contributed by atoms with Gasteiger partial charge in [-0.25, -0.2) is 0 Å². The van der Waals surface area contributed by atoms with Gasteiger partial charge in [0.05, 0.1) is 22.6 Å². The molecule has 25 heavy (non-hydrogen) atoms. The first-order valence-electron chi connectivity index (χ1n) is 7.59. The van der Waals surface area contributed by atoms with Crippen LogP contribution in [0.4, 0.5) is 0 Å². The molecule has 6 nitrogen and oxygen atoms in total. The second-order valence-electron chi connectivity index (χ2n) is 5.22. The van der Waals surface area contributed by atoms with Gasteiger partial charge < -0.3 is 14.3 Å². The van der Waals surface area contributed by atoms with Crippen LogP contribution in [0.15, 0.2) is 69.8 Å². The predicted molar refractivity (Wildman–Crippen MR) is 92.9 cm³/mol. The summed E-state index contributed by atoms with van der Waals surface area (Å²) in [6.45, 7) is 0.347. The molecule has 0 aliphatic rings. The van der Waals surface area contributed by atoms with Crippen LogP contribution >= 0.6 is 11.3 Å². The van der Waals surface area contributed by atoms with E-state index in [1.54, 1.807) is 18.4 Å². The van der Waals surface area contributed by atoms with Crippen molar-refractivity contribution in [3.05, 3.63) is 71.5 Å². The van der Waals surface area contributed by atoms with Gasteiger partial charge in [0.15, 0.2) is 0 Å². The number of benzene rings is 1. The van der Waals surface area contributed by atoms with Gasteiger partial charge in [-0.1, -0.05) is 23.4 Å². The van der Waals surface area contributed by atoms with E-state index >= 15 is 0 Å². The summed E-state index contributed by atoms with van der Waals surface area (Å²) in [5, 5.41) is 6.81. The summed E-state index contributed by atoms with van der Waals surface area (Å²) in [4.78, 5) is 17.9. The number of hydrogen-bond donors (Lipinski definition) is 1. The number of rotatable bonds is 5. The van der Waals surface area contributed by atoms with E-state index in [1.807, 2.05) is 42.5 Å². The summed E-state index contributed by atoms with van der Waals surface area (Å²) in [5.41, 5.74) is 0.856. The van der Waals surface area contributed by atoms with Crippen molar-refractivity contribution < 1.29 is 13.7 Å². The van der Waals surface area contributed by atoms with Crippen LogP contribution in [-0.4, -0.2) is 16.0 Å². The number of hydrogen-bond acceptors (Lipinski definition) is 6. The number of thiophene rings is 1. The minimum Gasteiger partial charge on any atom is -0.467 e. The quantitative estimate of drug-likeness (QED) is 0.588. The third-order valence-corrected chi connectivity index (χ3v) is 4.58. The van der Waals surface area contributed by atoms with Crippen molar-refractivity contribution in [3.8, 4) is 22.2 Å². The largest absolute Gasteiger partial charge is 0.467 e. The Bertz CT molecular complexity index is 974. The van der Waals surface area contributed by atoms with Gasteiger partial charge in [-0.3, -0.25) is 4.79 Å². The van der Waals surface area contributed by atoms with Gasteiger partial charge in [-0.15, -0.1) is 11.3 Å². The Kier molecular flexibility index (Phi) is 4.14. The lowest BCUT2D eigenvalue weighted by atomic mass is 10.2. The van der Waals surface area contributed by atoms with Crippen molar-refractivity contribution >= 4 is 17.2 Å². The van der Waals surface area contributed by atoms with Crippen molar-refractivity contribution in [3.63, 3.8) is 0 Å². The Morgan fingerprint density at radius 1 is 1.08 bits per heavy atom. The van der Waals surface area contributed by atoms with Crippen LogP contribution in [0.1, 0.15) is 15.4 Å². The zero-order chi connectivity index (χ0) is 17.1. The number of amides is 1. The standard InChI is InChI=1S/C18H13N3O3S/c22-17(19-11-13-7-4-10-23-13)15-9-8-14(25-15)16-20-18(24-21-16)12-5-2-1-3-6-12/h1-10H,11H2,(H,19,22). The first-order chi connectivity index (χ1) is 12.3. The van der Waals surface area contributed by atoms with Gasteiger partial charge in [0, 0.05) is 5.56 Å². The third-order valence-electron chi connectivity index (χ3n) is 3.50. The molecular weight excluding hydrogens is 338 g/mol. The van der Waals surface area contributed by atoms with Crippen LogP contribution < -0.4 is 5.32 Å². The molecule has 4 aromatic rings. The van der Waals surface area contributed by atoms with Gasteiger partial charge in [0.2, 0.25) is 5.82 Å². The molecule has 3 heterocycles. The Morgan fingerprint density at radius 3 is 2.76 bits per heavy atom. The van der Waals surface area contributed by atoms with Crippen molar-refractivity contribution in [2.24, 2.45) is 0 Å². The molecule has 0 fully saturated rings. The molecule has 0 atom stereocenters. The van der Waals surface area contributed by atoms with Crippen molar-refractivity contribution in [1.29, 1.82) is 0 Å². The average molecular weight is 351 g/mol. The SMILES string of the molecule is O=C(NCc1ccco1)c1ccc(-c2noc(-c3ccccc3)n2)s1. The van der Waals surface area contributed by atoms with Crippen molar-refractivity contribution in [1.82, 2.24) is 15.5 Å². The van der Waals surface area contributed by atoms with Crippen molar-refractivity contribution in [2.75, 3.05) is 0 Å². The summed E-state index contributed by atoms with van der Waals surface area (Å²) in [5.74, 6) is 1.46. The van der Waals surface area contributed by atoms with E-state index in [9.17, 15) is 4.79 Å². The van der Waals surface area contributed by atoms with Gasteiger partial charge in [-0.2, -0.15) is 4.98 Å². The minimum absolute atomic E-state index is 0.167. The molecule has 0 aliphatic carbocycles. The summed E-state index contributed by atoms with van der Waals surface area (Å²) in [7, 11) is 0. The molecule has 0 aliphatic heterocycles. The van der Waals surface area contributed by atoms with E-state index < -0.39 is 0 Å². The molecule has 0 saturated carbocycles. The second kappa shape index (κ2) is 6.74. The molecule has 1 aromatic carbocycles. The minimum atomic E-state index is -0.167. The Labute approximate surface area is 147 Å². The Hall–Kier alpha value is -3.19. The number of aromatic nitrogens is 2. The summed E-state index contributed by atoms with van der Waals surface area (Å²) >= 11 is 1.31. The van der Waals surface area contributed by atoms with E-state index in [0.29, 0.717) is 28.9 Å². The Morgan fingerprint density at radius 2 is 1.96 bits per heavy atom. The number of furan rings is 1. The fourth-order valence-electron chi connectivity index (χ4n) is 2.27. The van der Waals surface area contributed by atoms with Crippen LogP contribution in [0.3, 0.4) is 0 Å². The zero-order valence-corrected chi connectivity index (χ0v) is 13.8. The smallest absolute Gasteiger partial charge is 0.261 e. The fourth-order valence-corrected chi connectivity index (χ4v) is 3.12. The highest BCUT2D eigenvalue weighted by Gasteiger charge is 2.15. The van der Waals surface area contributed by atoms with Gasteiger partial charge in [-0.05, 0) is 36.4 Å². The second-order valence-corrected chi connectivity index (χ2v) is 6.30. The molecule has 0 radical (unpaired) electrons. The monoisotopic (exact) mass is 351 g/mol. The van der Waals surface area contributed by atoms with Crippen LogP contribution in [0.25, 0.3) is 22.2 Å². The molecule has 1 amide bonds. The zero-order valence-electron chi connectivity index (χ0n) is 13.0. The lowest BCUT2D eigenvalue weighted by Crippen LogP contribution is -2.21. The van der Waals surface area contributed by atoms with Gasteiger partial charge >= 0.3 is 0 Å². The van der Waals surface area contributed by atoms with E-state index in [4.69, 9.17) is 8.94 Å². The number of carbonyl (C=O) groups is 1. The topological polar surface area (TPSA) is 81.2 Å².